The van der Waals surface area contributed by atoms with E-state index in [4.69, 9.17) is 9.47 Å². The Morgan fingerprint density at radius 2 is 1.83 bits per heavy atom. The lowest BCUT2D eigenvalue weighted by molar-refractivity contribution is -0.124. The van der Waals surface area contributed by atoms with Crippen LogP contribution < -0.4 is 14.8 Å². The number of nitrogens with one attached hydrogen (secondary N) is 1. The van der Waals surface area contributed by atoms with Crippen molar-refractivity contribution >= 4 is 23.6 Å². The zero-order chi connectivity index (χ0) is 21.5. The number of hydrogen-bond acceptors (Lipinski definition) is 5. The Kier molecular flexibility index (Phi) is 7.63. The fourth-order valence-corrected chi connectivity index (χ4v) is 4.87. The van der Waals surface area contributed by atoms with Gasteiger partial charge in [0.25, 0.3) is 5.91 Å². The highest BCUT2D eigenvalue weighted by molar-refractivity contribution is 7.99. The lowest BCUT2D eigenvalue weighted by Crippen LogP contribution is -2.48. The Morgan fingerprint density at radius 3 is 2.50 bits per heavy atom. The first-order valence-electron chi connectivity index (χ1n) is 10.1. The predicted octanol–water partition coefficient (Wildman–Crippen LogP) is 3.88. The van der Waals surface area contributed by atoms with Crippen LogP contribution >= 0.6 is 11.8 Å². The van der Waals surface area contributed by atoms with Gasteiger partial charge in [0.1, 0.15) is 11.4 Å². The average molecular weight is 429 g/mol. The highest BCUT2D eigenvalue weighted by atomic mass is 32.2. The maximum absolute atomic E-state index is 13.4. The Balaban J connectivity index is 1.93. The molecule has 7 heteroatoms. The minimum atomic E-state index is -0.530. The first-order valence-corrected chi connectivity index (χ1v) is 11.1. The van der Waals surface area contributed by atoms with Crippen LogP contribution in [0.2, 0.25) is 0 Å². The summed E-state index contributed by atoms with van der Waals surface area (Å²) < 4.78 is 10.8. The Morgan fingerprint density at radius 1 is 1.10 bits per heavy atom. The summed E-state index contributed by atoms with van der Waals surface area (Å²) in [4.78, 5) is 28.0. The molecule has 160 valence electrons. The van der Waals surface area contributed by atoms with Crippen molar-refractivity contribution in [2.75, 3.05) is 26.5 Å². The summed E-state index contributed by atoms with van der Waals surface area (Å²) >= 11 is 1.58. The van der Waals surface area contributed by atoms with Gasteiger partial charge in [0.05, 0.1) is 14.2 Å². The van der Waals surface area contributed by atoms with Gasteiger partial charge in [0.15, 0.2) is 11.5 Å². The second-order valence-electron chi connectivity index (χ2n) is 7.04. The van der Waals surface area contributed by atoms with Gasteiger partial charge in [-0.3, -0.25) is 9.59 Å². The normalized spacial score (nSPS) is 18.2. The average Bonchev–Trinajstić information content (AvgIpc) is 3.24. The van der Waals surface area contributed by atoms with Gasteiger partial charge in [0, 0.05) is 17.9 Å². The molecule has 1 aliphatic rings. The Labute approximate surface area is 181 Å². The van der Waals surface area contributed by atoms with Crippen molar-refractivity contribution in [2.45, 2.75) is 31.2 Å². The van der Waals surface area contributed by atoms with Crippen molar-refractivity contribution < 1.29 is 19.1 Å². The number of ether oxygens (including phenoxy) is 2. The number of amides is 2. The number of thioether (sulfide) groups is 1. The molecule has 1 heterocycles. The molecule has 1 aliphatic heterocycles. The summed E-state index contributed by atoms with van der Waals surface area (Å²) in [5, 5.41) is 2.69. The van der Waals surface area contributed by atoms with Crippen molar-refractivity contribution in [3.8, 4) is 11.5 Å². The van der Waals surface area contributed by atoms with Crippen molar-refractivity contribution in [3.05, 3.63) is 59.7 Å². The monoisotopic (exact) mass is 428 g/mol. The molecule has 2 atom stereocenters. The summed E-state index contributed by atoms with van der Waals surface area (Å²) in [7, 11) is 3.17. The van der Waals surface area contributed by atoms with Gasteiger partial charge >= 0.3 is 0 Å². The van der Waals surface area contributed by atoms with Crippen LogP contribution in [0.1, 0.15) is 41.1 Å². The highest BCUT2D eigenvalue weighted by Crippen LogP contribution is 2.44. The third-order valence-electron chi connectivity index (χ3n) is 5.08. The molecular formula is C23H28N2O4S. The molecule has 3 rings (SSSR count). The third-order valence-corrected chi connectivity index (χ3v) is 6.40. The number of unbranched alkanes of at least 4 members (excludes halogenated alkanes) is 1. The molecule has 2 unspecified atom stereocenters. The number of carbonyl (C=O) groups is 2. The van der Waals surface area contributed by atoms with Crippen LogP contribution in [0.3, 0.4) is 0 Å². The van der Waals surface area contributed by atoms with Gasteiger partial charge < -0.3 is 19.7 Å². The molecule has 1 fully saturated rings. The number of benzene rings is 2. The van der Waals surface area contributed by atoms with Crippen molar-refractivity contribution in [1.82, 2.24) is 10.2 Å². The van der Waals surface area contributed by atoms with Gasteiger partial charge in [-0.15, -0.1) is 11.8 Å². The van der Waals surface area contributed by atoms with E-state index >= 15 is 0 Å². The van der Waals surface area contributed by atoms with Gasteiger partial charge in [0.2, 0.25) is 5.91 Å². The molecule has 0 radical (unpaired) electrons. The molecule has 30 heavy (non-hydrogen) atoms. The molecule has 2 amide bonds. The van der Waals surface area contributed by atoms with Gasteiger partial charge in [-0.05, 0) is 36.2 Å². The molecular weight excluding hydrogens is 400 g/mol. The van der Waals surface area contributed by atoms with E-state index in [0.29, 0.717) is 29.4 Å². The first-order chi connectivity index (χ1) is 14.6. The Hall–Kier alpha value is -2.67. The minimum absolute atomic E-state index is 0.108. The molecule has 0 aromatic heterocycles. The number of nitrogens with zero attached hydrogens (tertiary/aromatic N) is 1. The number of methoxy groups -OCH3 is 2. The van der Waals surface area contributed by atoms with E-state index in [2.05, 4.69) is 12.2 Å². The lowest BCUT2D eigenvalue weighted by Gasteiger charge is -2.29. The summed E-state index contributed by atoms with van der Waals surface area (Å²) in [6.45, 7) is 2.70. The smallest absolute Gasteiger partial charge is 0.255 e. The molecule has 6 nitrogen and oxygen atoms in total. The minimum Gasteiger partial charge on any atom is -0.493 e. The fourth-order valence-electron chi connectivity index (χ4n) is 3.46. The van der Waals surface area contributed by atoms with Crippen LogP contribution in [0.4, 0.5) is 0 Å². The maximum atomic E-state index is 13.4. The van der Waals surface area contributed by atoms with Gasteiger partial charge in [-0.1, -0.05) is 37.6 Å². The van der Waals surface area contributed by atoms with Crippen LogP contribution in [0.25, 0.3) is 0 Å². The van der Waals surface area contributed by atoms with Crippen molar-refractivity contribution in [3.63, 3.8) is 0 Å². The second kappa shape index (κ2) is 10.4. The van der Waals surface area contributed by atoms with Crippen molar-refractivity contribution in [2.24, 2.45) is 0 Å². The molecule has 1 saturated heterocycles. The first kappa shape index (κ1) is 22.0. The van der Waals surface area contributed by atoms with E-state index in [9.17, 15) is 9.59 Å². The van der Waals surface area contributed by atoms with E-state index in [1.165, 1.54) is 0 Å². The van der Waals surface area contributed by atoms with E-state index in [0.717, 1.165) is 18.4 Å². The standard InChI is InChI=1S/C23H28N2O4S/c1-4-5-13-24-21(26)18-15-30-23(17-11-12-19(28-2)20(14-17)29-3)25(18)22(27)16-9-7-6-8-10-16/h6-12,14,18,23H,4-5,13,15H2,1-3H3,(H,24,26). The quantitative estimate of drug-likeness (QED) is 0.647. The SMILES string of the molecule is CCCCNC(=O)C1CSC(c2ccc(OC)c(OC)c2)N1C(=O)c1ccccc1. The van der Waals surface area contributed by atoms with Crippen LogP contribution in [0.15, 0.2) is 48.5 Å². The summed E-state index contributed by atoms with van der Waals surface area (Å²) in [6.07, 6.45) is 1.91. The number of carbonyl (C=O) groups excluding carboxylic acids is 2. The Bertz CT molecular complexity index is 875. The zero-order valence-electron chi connectivity index (χ0n) is 17.6. The van der Waals surface area contributed by atoms with E-state index in [-0.39, 0.29) is 17.2 Å². The summed E-state index contributed by atoms with van der Waals surface area (Å²) in [5.74, 6) is 1.49. The fraction of sp³-hybridized carbons (Fsp3) is 0.391. The van der Waals surface area contributed by atoms with E-state index < -0.39 is 6.04 Å². The van der Waals surface area contributed by atoms with Crippen molar-refractivity contribution in [1.29, 1.82) is 0 Å². The van der Waals surface area contributed by atoms with Gasteiger partial charge in [-0.25, -0.2) is 0 Å². The van der Waals surface area contributed by atoms with E-state index in [1.54, 1.807) is 43.0 Å². The highest BCUT2D eigenvalue weighted by Gasteiger charge is 2.42. The van der Waals surface area contributed by atoms with E-state index in [1.807, 2.05) is 36.4 Å². The molecule has 0 spiro atoms. The number of rotatable bonds is 8. The van der Waals surface area contributed by atoms with Gasteiger partial charge in [-0.2, -0.15) is 0 Å². The molecule has 1 N–H and O–H groups in total. The largest absolute Gasteiger partial charge is 0.493 e. The summed E-state index contributed by atoms with van der Waals surface area (Å²) in [5.41, 5.74) is 1.46. The predicted molar refractivity (Wildman–Crippen MR) is 119 cm³/mol. The van der Waals surface area contributed by atoms with Crippen LogP contribution in [-0.2, 0) is 4.79 Å². The third kappa shape index (κ3) is 4.73. The summed E-state index contributed by atoms with van der Waals surface area (Å²) in [6, 6.07) is 14.2. The van der Waals surface area contributed by atoms with Crippen LogP contribution in [0, 0.1) is 0 Å². The second-order valence-corrected chi connectivity index (χ2v) is 8.15. The molecule has 2 aromatic carbocycles. The molecule has 2 aromatic rings. The van der Waals surface area contributed by atoms with Crippen LogP contribution in [-0.4, -0.2) is 49.3 Å². The topological polar surface area (TPSA) is 67.9 Å². The molecule has 0 aliphatic carbocycles. The molecule has 0 bridgehead atoms. The van der Waals surface area contributed by atoms with Crippen LogP contribution in [0.5, 0.6) is 11.5 Å². The maximum Gasteiger partial charge on any atom is 0.255 e. The lowest BCUT2D eigenvalue weighted by atomic mass is 10.1. The zero-order valence-corrected chi connectivity index (χ0v) is 18.4. The molecule has 0 saturated carbocycles. The number of hydrogen-bond donors (Lipinski definition) is 1.